The monoisotopic (exact) mass is 282 g/mol. The highest BCUT2D eigenvalue weighted by molar-refractivity contribution is 6.31. The Hall–Kier alpha value is -0.800. The van der Waals surface area contributed by atoms with E-state index in [1.54, 1.807) is 18.2 Å². The maximum atomic E-state index is 13.9. The molecule has 0 aromatic heterocycles. The van der Waals surface area contributed by atoms with Crippen molar-refractivity contribution in [1.29, 1.82) is 0 Å². The van der Waals surface area contributed by atoms with Crippen molar-refractivity contribution in [1.82, 2.24) is 5.32 Å². The molecule has 2 aliphatic rings. The predicted molar refractivity (Wildman–Crippen MR) is 77.2 cm³/mol. The molecule has 2 fully saturated rings. The van der Waals surface area contributed by atoms with Gasteiger partial charge in [0.05, 0.1) is 10.7 Å². The van der Waals surface area contributed by atoms with Crippen molar-refractivity contribution in [2.24, 2.45) is 5.92 Å². The Kier molecular flexibility index (Phi) is 3.94. The van der Waals surface area contributed by atoms with Crippen LogP contribution < -0.4 is 10.6 Å². The predicted octanol–water partition coefficient (Wildman–Crippen LogP) is 3.81. The van der Waals surface area contributed by atoms with Crippen LogP contribution in [0.1, 0.15) is 32.1 Å². The van der Waals surface area contributed by atoms with Crippen molar-refractivity contribution in [2.75, 3.05) is 11.9 Å². The molecule has 0 radical (unpaired) electrons. The van der Waals surface area contributed by atoms with E-state index in [4.69, 9.17) is 11.6 Å². The van der Waals surface area contributed by atoms with E-state index in [1.807, 2.05) is 0 Å². The number of hydrogen-bond donors (Lipinski definition) is 2. The van der Waals surface area contributed by atoms with Crippen molar-refractivity contribution < 1.29 is 4.39 Å². The van der Waals surface area contributed by atoms with Gasteiger partial charge in [0.2, 0.25) is 0 Å². The maximum Gasteiger partial charge on any atom is 0.164 e. The van der Waals surface area contributed by atoms with Gasteiger partial charge >= 0.3 is 0 Å². The van der Waals surface area contributed by atoms with Gasteiger partial charge in [-0.2, -0.15) is 0 Å². The van der Waals surface area contributed by atoms with Gasteiger partial charge in [0.15, 0.2) is 5.82 Å². The van der Waals surface area contributed by atoms with Gasteiger partial charge in [-0.3, -0.25) is 0 Å². The van der Waals surface area contributed by atoms with E-state index in [1.165, 1.54) is 25.7 Å². The van der Waals surface area contributed by atoms with Crippen molar-refractivity contribution in [3.8, 4) is 0 Å². The van der Waals surface area contributed by atoms with Gasteiger partial charge in [0.25, 0.3) is 0 Å². The maximum absolute atomic E-state index is 13.9. The SMILES string of the molecule is Fc1c(Cl)cccc1NC1CCCC1C1CCCN1. The molecule has 3 rings (SSSR count). The lowest BCUT2D eigenvalue weighted by molar-refractivity contribution is 0.375. The Labute approximate surface area is 118 Å². The zero-order chi connectivity index (χ0) is 13.2. The van der Waals surface area contributed by atoms with Crippen LogP contribution in [0.15, 0.2) is 18.2 Å². The standard InChI is InChI=1S/C15H20ClFN2/c16-11-5-2-7-14(15(11)17)19-13-6-1-4-10(13)12-8-3-9-18-12/h2,5,7,10,12-13,18-19H,1,3-4,6,8-9H2. The highest BCUT2D eigenvalue weighted by atomic mass is 35.5. The highest BCUT2D eigenvalue weighted by Gasteiger charge is 2.35. The summed E-state index contributed by atoms with van der Waals surface area (Å²) in [7, 11) is 0. The molecule has 1 aromatic rings. The third-order valence-corrected chi connectivity index (χ3v) is 4.77. The number of benzene rings is 1. The molecule has 2 N–H and O–H groups in total. The Morgan fingerprint density at radius 2 is 2.11 bits per heavy atom. The molecule has 104 valence electrons. The van der Waals surface area contributed by atoms with Crippen LogP contribution in [0.25, 0.3) is 0 Å². The molecule has 4 heteroatoms. The van der Waals surface area contributed by atoms with Gasteiger partial charge in [-0.15, -0.1) is 0 Å². The van der Waals surface area contributed by atoms with E-state index >= 15 is 0 Å². The second kappa shape index (κ2) is 5.68. The summed E-state index contributed by atoms with van der Waals surface area (Å²) in [6.07, 6.45) is 6.09. The van der Waals surface area contributed by atoms with E-state index in [0.717, 1.165) is 13.0 Å². The Balaban J connectivity index is 1.72. The van der Waals surface area contributed by atoms with Crippen LogP contribution >= 0.6 is 11.6 Å². The molecule has 3 unspecified atom stereocenters. The minimum Gasteiger partial charge on any atom is -0.380 e. The Bertz CT molecular complexity index is 446. The third-order valence-electron chi connectivity index (χ3n) is 4.48. The van der Waals surface area contributed by atoms with Gasteiger partial charge in [-0.1, -0.05) is 24.1 Å². The molecular weight excluding hydrogens is 263 g/mol. The second-order valence-electron chi connectivity index (χ2n) is 5.65. The lowest BCUT2D eigenvalue weighted by atomic mass is 9.93. The van der Waals surface area contributed by atoms with Crippen LogP contribution in [0, 0.1) is 11.7 Å². The molecular formula is C15H20ClFN2. The Morgan fingerprint density at radius 1 is 1.21 bits per heavy atom. The van der Waals surface area contributed by atoms with E-state index < -0.39 is 0 Å². The fourth-order valence-corrected chi connectivity index (χ4v) is 3.72. The molecule has 19 heavy (non-hydrogen) atoms. The largest absolute Gasteiger partial charge is 0.380 e. The smallest absolute Gasteiger partial charge is 0.164 e. The van der Waals surface area contributed by atoms with Crippen molar-refractivity contribution >= 4 is 17.3 Å². The molecule has 0 amide bonds. The first-order valence-corrected chi connectivity index (χ1v) is 7.57. The number of nitrogens with one attached hydrogen (secondary N) is 2. The van der Waals surface area contributed by atoms with Crippen LogP contribution in [0.3, 0.4) is 0 Å². The zero-order valence-electron chi connectivity index (χ0n) is 11.0. The topological polar surface area (TPSA) is 24.1 Å². The first-order valence-electron chi connectivity index (χ1n) is 7.19. The summed E-state index contributed by atoms with van der Waals surface area (Å²) >= 11 is 5.84. The van der Waals surface area contributed by atoms with Crippen LogP contribution in [0.4, 0.5) is 10.1 Å². The first-order chi connectivity index (χ1) is 9.25. The molecule has 1 aromatic carbocycles. The average molecular weight is 283 g/mol. The lowest BCUT2D eigenvalue weighted by Crippen LogP contribution is -2.38. The van der Waals surface area contributed by atoms with Crippen LogP contribution in [0.2, 0.25) is 5.02 Å². The molecule has 0 bridgehead atoms. The van der Waals surface area contributed by atoms with E-state index in [-0.39, 0.29) is 10.8 Å². The summed E-state index contributed by atoms with van der Waals surface area (Å²) < 4.78 is 13.9. The molecule has 1 aliphatic carbocycles. The molecule has 1 heterocycles. The molecule has 2 nitrogen and oxygen atoms in total. The molecule has 0 spiro atoms. The minimum absolute atomic E-state index is 0.193. The van der Waals surface area contributed by atoms with Crippen LogP contribution in [-0.2, 0) is 0 Å². The quantitative estimate of drug-likeness (QED) is 0.881. The lowest BCUT2D eigenvalue weighted by Gasteiger charge is -2.27. The van der Waals surface area contributed by atoms with E-state index in [9.17, 15) is 4.39 Å². The molecule has 1 aliphatic heterocycles. The molecule has 3 atom stereocenters. The van der Waals surface area contributed by atoms with Crippen molar-refractivity contribution in [3.05, 3.63) is 29.0 Å². The summed E-state index contributed by atoms with van der Waals surface area (Å²) in [5.41, 5.74) is 0.544. The van der Waals surface area contributed by atoms with Gasteiger partial charge in [-0.25, -0.2) is 4.39 Å². The first kappa shape index (κ1) is 13.2. The Morgan fingerprint density at radius 3 is 2.89 bits per heavy atom. The number of hydrogen-bond acceptors (Lipinski definition) is 2. The van der Waals surface area contributed by atoms with E-state index in [0.29, 0.717) is 23.7 Å². The normalized spacial score (nSPS) is 30.7. The molecule has 1 saturated heterocycles. The zero-order valence-corrected chi connectivity index (χ0v) is 11.7. The fourth-order valence-electron chi connectivity index (χ4n) is 3.54. The van der Waals surface area contributed by atoms with Gasteiger partial charge in [0, 0.05) is 12.1 Å². The fraction of sp³-hybridized carbons (Fsp3) is 0.600. The minimum atomic E-state index is -0.325. The summed E-state index contributed by atoms with van der Waals surface area (Å²) in [6, 6.07) is 6.13. The van der Waals surface area contributed by atoms with Gasteiger partial charge in [0.1, 0.15) is 0 Å². The van der Waals surface area contributed by atoms with Crippen molar-refractivity contribution in [3.63, 3.8) is 0 Å². The summed E-state index contributed by atoms with van der Waals surface area (Å²) in [6.45, 7) is 1.12. The van der Waals surface area contributed by atoms with Crippen LogP contribution in [0.5, 0.6) is 0 Å². The van der Waals surface area contributed by atoms with Crippen molar-refractivity contribution in [2.45, 2.75) is 44.2 Å². The number of halogens is 2. The summed E-state index contributed by atoms with van der Waals surface area (Å²) in [5.74, 6) is 0.287. The van der Waals surface area contributed by atoms with Gasteiger partial charge in [-0.05, 0) is 50.3 Å². The van der Waals surface area contributed by atoms with Gasteiger partial charge < -0.3 is 10.6 Å². The summed E-state index contributed by atoms with van der Waals surface area (Å²) in [4.78, 5) is 0. The average Bonchev–Trinajstić information content (AvgIpc) is 3.05. The number of rotatable bonds is 3. The molecule has 1 saturated carbocycles. The highest BCUT2D eigenvalue weighted by Crippen LogP contribution is 2.35. The third kappa shape index (κ3) is 2.72. The van der Waals surface area contributed by atoms with E-state index in [2.05, 4.69) is 10.6 Å². The second-order valence-corrected chi connectivity index (χ2v) is 6.06. The number of anilines is 1. The van der Waals surface area contributed by atoms with Crippen LogP contribution in [-0.4, -0.2) is 18.6 Å². The summed E-state index contributed by atoms with van der Waals surface area (Å²) in [5, 5.41) is 7.15.